The molecule has 0 amide bonds. The summed E-state index contributed by atoms with van der Waals surface area (Å²) in [4.78, 5) is 10.5. The maximum absolute atomic E-state index is 10.9. The summed E-state index contributed by atoms with van der Waals surface area (Å²) in [6, 6.07) is 8.53. The van der Waals surface area contributed by atoms with Crippen LogP contribution < -0.4 is 4.74 Å². The van der Waals surface area contributed by atoms with E-state index in [4.69, 9.17) is 16.3 Å². The third-order valence-corrected chi connectivity index (χ3v) is 4.19. The minimum atomic E-state index is -0.424. The van der Waals surface area contributed by atoms with Crippen LogP contribution in [-0.4, -0.2) is 4.92 Å². The highest BCUT2D eigenvalue weighted by atomic mass is 79.9. The number of nitrogens with zero attached hydrogens (tertiary/aromatic N) is 1. The maximum atomic E-state index is 10.9. The van der Waals surface area contributed by atoms with Crippen molar-refractivity contribution >= 4 is 33.2 Å². The van der Waals surface area contributed by atoms with Crippen LogP contribution in [-0.2, 0) is 6.61 Å². The number of nitro benzene ring substituents is 1. The molecule has 2 aromatic rings. The molecule has 0 unspecified atom stereocenters. The molecule has 0 aliphatic carbocycles. The molecular formula is C15H13BrClNO3. The van der Waals surface area contributed by atoms with Gasteiger partial charge in [0.1, 0.15) is 16.8 Å². The SMILES string of the molecule is Cc1cc(Cl)cc(C)c1OCc1cccc([N+](=O)[O-])c1Br. The normalized spacial score (nSPS) is 10.5. The summed E-state index contributed by atoms with van der Waals surface area (Å²) in [5, 5.41) is 11.6. The second-order valence-electron chi connectivity index (χ2n) is 4.66. The Labute approximate surface area is 136 Å². The van der Waals surface area contributed by atoms with Gasteiger partial charge in [0.25, 0.3) is 5.69 Å². The number of rotatable bonds is 4. The smallest absolute Gasteiger partial charge is 0.283 e. The van der Waals surface area contributed by atoms with Crippen LogP contribution in [0.3, 0.4) is 0 Å². The first kappa shape index (κ1) is 15.8. The molecule has 0 aliphatic heterocycles. The molecule has 0 atom stereocenters. The fraction of sp³-hybridized carbons (Fsp3) is 0.200. The molecule has 21 heavy (non-hydrogen) atoms. The molecule has 110 valence electrons. The summed E-state index contributed by atoms with van der Waals surface area (Å²) in [6.45, 7) is 4.07. The lowest BCUT2D eigenvalue weighted by molar-refractivity contribution is -0.385. The molecule has 2 rings (SSSR count). The van der Waals surface area contributed by atoms with Gasteiger partial charge in [0.15, 0.2) is 0 Å². The summed E-state index contributed by atoms with van der Waals surface area (Å²) >= 11 is 9.24. The Kier molecular flexibility index (Phi) is 4.85. The second-order valence-corrected chi connectivity index (χ2v) is 5.89. The van der Waals surface area contributed by atoms with Gasteiger partial charge < -0.3 is 4.74 Å². The quantitative estimate of drug-likeness (QED) is 0.548. The van der Waals surface area contributed by atoms with Crippen molar-refractivity contribution in [1.82, 2.24) is 0 Å². The van der Waals surface area contributed by atoms with Gasteiger partial charge in [-0.2, -0.15) is 0 Å². The van der Waals surface area contributed by atoms with Gasteiger partial charge in [-0.1, -0.05) is 23.7 Å². The number of aryl methyl sites for hydroxylation is 2. The Balaban J connectivity index is 2.25. The lowest BCUT2D eigenvalue weighted by Gasteiger charge is -2.13. The highest BCUT2D eigenvalue weighted by Gasteiger charge is 2.15. The van der Waals surface area contributed by atoms with Crippen LogP contribution in [0.4, 0.5) is 5.69 Å². The molecule has 2 aromatic carbocycles. The first-order chi connectivity index (χ1) is 9.90. The maximum Gasteiger partial charge on any atom is 0.283 e. The topological polar surface area (TPSA) is 52.4 Å². The molecule has 0 fully saturated rings. The van der Waals surface area contributed by atoms with E-state index < -0.39 is 4.92 Å². The number of benzene rings is 2. The van der Waals surface area contributed by atoms with Crippen LogP contribution in [0, 0.1) is 24.0 Å². The van der Waals surface area contributed by atoms with Crippen molar-refractivity contribution in [2.75, 3.05) is 0 Å². The summed E-state index contributed by atoms with van der Waals surface area (Å²) in [5.41, 5.74) is 2.61. The highest BCUT2D eigenvalue weighted by Crippen LogP contribution is 2.31. The summed E-state index contributed by atoms with van der Waals surface area (Å²) in [7, 11) is 0. The molecule has 4 nitrogen and oxygen atoms in total. The van der Waals surface area contributed by atoms with Crippen LogP contribution in [0.2, 0.25) is 5.02 Å². The average Bonchev–Trinajstić information content (AvgIpc) is 2.38. The van der Waals surface area contributed by atoms with Gasteiger partial charge in [-0.3, -0.25) is 10.1 Å². The molecule has 6 heteroatoms. The van der Waals surface area contributed by atoms with Crippen molar-refractivity contribution in [3.05, 3.63) is 66.6 Å². The summed E-state index contributed by atoms with van der Waals surface area (Å²) < 4.78 is 6.26. The van der Waals surface area contributed by atoms with Gasteiger partial charge in [-0.05, 0) is 53.0 Å². The van der Waals surface area contributed by atoms with E-state index in [0.717, 1.165) is 22.4 Å². The standard InChI is InChI=1S/C15H13BrClNO3/c1-9-6-12(17)7-10(2)15(9)21-8-11-4-3-5-13(14(11)16)18(19)20/h3-7H,8H2,1-2H3. The minimum absolute atomic E-state index is 0.0284. The second kappa shape index (κ2) is 6.45. The fourth-order valence-corrected chi connectivity index (χ4v) is 2.94. The Bertz CT molecular complexity index is 680. The van der Waals surface area contributed by atoms with Crippen molar-refractivity contribution in [3.63, 3.8) is 0 Å². The Hall–Kier alpha value is -1.59. The van der Waals surface area contributed by atoms with Gasteiger partial charge >= 0.3 is 0 Å². The first-order valence-electron chi connectivity index (χ1n) is 6.21. The molecule has 0 saturated carbocycles. The predicted octanol–water partition coefficient (Wildman–Crippen LogP) is 5.21. The minimum Gasteiger partial charge on any atom is -0.488 e. The van der Waals surface area contributed by atoms with Crippen LogP contribution in [0.15, 0.2) is 34.8 Å². The van der Waals surface area contributed by atoms with E-state index in [9.17, 15) is 10.1 Å². The van der Waals surface area contributed by atoms with Crippen molar-refractivity contribution in [2.45, 2.75) is 20.5 Å². The molecule has 0 bridgehead atoms. The van der Waals surface area contributed by atoms with E-state index in [-0.39, 0.29) is 12.3 Å². The van der Waals surface area contributed by atoms with E-state index in [1.807, 2.05) is 26.0 Å². The van der Waals surface area contributed by atoms with Gasteiger partial charge in [-0.15, -0.1) is 0 Å². The molecular weight excluding hydrogens is 358 g/mol. The summed E-state index contributed by atoms with van der Waals surface area (Å²) in [5.74, 6) is 0.748. The third kappa shape index (κ3) is 3.54. The van der Waals surface area contributed by atoms with E-state index in [2.05, 4.69) is 15.9 Å². The van der Waals surface area contributed by atoms with Crippen molar-refractivity contribution in [3.8, 4) is 5.75 Å². The Morgan fingerprint density at radius 2 is 1.90 bits per heavy atom. The number of nitro groups is 1. The Morgan fingerprint density at radius 1 is 1.29 bits per heavy atom. The molecule has 0 aromatic heterocycles. The van der Waals surface area contributed by atoms with Crippen LogP contribution in [0.5, 0.6) is 5.75 Å². The zero-order valence-electron chi connectivity index (χ0n) is 11.5. The fourth-order valence-electron chi connectivity index (χ4n) is 2.09. The van der Waals surface area contributed by atoms with Crippen LogP contribution in [0.1, 0.15) is 16.7 Å². The van der Waals surface area contributed by atoms with Crippen molar-refractivity contribution in [2.24, 2.45) is 0 Å². The van der Waals surface area contributed by atoms with Gasteiger partial charge in [0.05, 0.1) is 4.92 Å². The zero-order valence-corrected chi connectivity index (χ0v) is 13.9. The van der Waals surface area contributed by atoms with Crippen LogP contribution >= 0.6 is 27.5 Å². The van der Waals surface area contributed by atoms with Gasteiger partial charge in [-0.25, -0.2) is 0 Å². The number of hydrogen-bond acceptors (Lipinski definition) is 3. The van der Waals surface area contributed by atoms with Crippen molar-refractivity contribution < 1.29 is 9.66 Å². The highest BCUT2D eigenvalue weighted by molar-refractivity contribution is 9.10. The monoisotopic (exact) mass is 369 g/mol. The predicted molar refractivity (Wildman–Crippen MR) is 86.1 cm³/mol. The summed E-state index contributed by atoms with van der Waals surface area (Å²) in [6.07, 6.45) is 0. The van der Waals surface area contributed by atoms with Gasteiger partial charge in [0, 0.05) is 16.7 Å². The van der Waals surface area contributed by atoms with Crippen LogP contribution in [0.25, 0.3) is 0 Å². The third-order valence-electron chi connectivity index (χ3n) is 3.05. The van der Waals surface area contributed by atoms with E-state index >= 15 is 0 Å². The molecule has 0 aliphatic rings. The molecule has 0 heterocycles. The lowest BCUT2D eigenvalue weighted by Crippen LogP contribution is -2.01. The van der Waals surface area contributed by atoms with E-state index in [1.54, 1.807) is 12.1 Å². The zero-order chi connectivity index (χ0) is 15.6. The first-order valence-corrected chi connectivity index (χ1v) is 7.38. The average molecular weight is 371 g/mol. The van der Waals surface area contributed by atoms with Gasteiger partial charge in [0.2, 0.25) is 0 Å². The Morgan fingerprint density at radius 3 is 2.48 bits per heavy atom. The van der Waals surface area contributed by atoms with E-state index in [1.165, 1.54) is 6.07 Å². The number of halogens is 2. The largest absolute Gasteiger partial charge is 0.488 e. The number of hydrogen-bond donors (Lipinski definition) is 0. The molecule has 0 saturated heterocycles. The molecule has 0 N–H and O–H groups in total. The van der Waals surface area contributed by atoms with Crippen molar-refractivity contribution in [1.29, 1.82) is 0 Å². The molecule has 0 radical (unpaired) electrons. The number of ether oxygens (including phenoxy) is 1. The lowest BCUT2D eigenvalue weighted by atomic mass is 10.1. The van der Waals surface area contributed by atoms with E-state index in [0.29, 0.717) is 9.50 Å². The molecule has 0 spiro atoms.